The highest BCUT2D eigenvalue weighted by atomic mass is 16.3. The second-order valence-corrected chi connectivity index (χ2v) is 4.53. The summed E-state index contributed by atoms with van der Waals surface area (Å²) in [6.45, 7) is 3.89. The second kappa shape index (κ2) is 5.22. The largest absolute Gasteiger partial charge is 0.507 e. The van der Waals surface area contributed by atoms with Gasteiger partial charge in [-0.3, -0.25) is 0 Å². The number of phenolic OH excluding ortho intramolecular Hbond substituents is 3. The molecule has 2 aromatic carbocycles. The summed E-state index contributed by atoms with van der Waals surface area (Å²) in [7, 11) is 0. The Hall–Kier alpha value is -2.16. The minimum atomic E-state index is -0.259. The molecule has 0 fully saturated rings. The molecule has 0 unspecified atom stereocenters. The van der Waals surface area contributed by atoms with Crippen LogP contribution in [0.5, 0.6) is 17.2 Å². The molecule has 3 nitrogen and oxygen atoms in total. The fourth-order valence-electron chi connectivity index (χ4n) is 2.20. The van der Waals surface area contributed by atoms with Gasteiger partial charge in [-0.2, -0.15) is 0 Å². The van der Waals surface area contributed by atoms with Crippen LogP contribution in [0, 0.1) is 0 Å². The van der Waals surface area contributed by atoms with Gasteiger partial charge in [0.15, 0.2) is 11.5 Å². The minimum Gasteiger partial charge on any atom is -0.507 e. The molecule has 0 radical (unpaired) electrons. The van der Waals surface area contributed by atoms with E-state index in [1.54, 1.807) is 6.07 Å². The zero-order valence-corrected chi connectivity index (χ0v) is 11.1. The summed E-state index contributed by atoms with van der Waals surface area (Å²) in [5.74, 6) is -0.428. The number of phenols is 3. The van der Waals surface area contributed by atoms with Crippen LogP contribution in [0.25, 0.3) is 11.1 Å². The van der Waals surface area contributed by atoms with Crippen molar-refractivity contribution in [1.29, 1.82) is 0 Å². The molecule has 0 spiro atoms. The Morgan fingerprint density at radius 3 is 2.26 bits per heavy atom. The van der Waals surface area contributed by atoms with E-state index in [0.717, 1.165) is 12.0 Å². The van der Waals surface area contributed by atoms with Crippen molar-refractivity contribution in [2.45, 2.75) is 26.7 Å². The topological polar surface area (TPSA) is 60.7 Å². The highest BCUT2D eigenvalue weighted by molar-refractivity contribution is 5.80. The first-order chi connectivity index (χ1) is 9.08. The highest BCUT2D eigenvalue weighted by Crippen LogP contribution is 2.45. The van der Waals surface area contributed by atoms with Crippen molar-refractivity contribution < 1.29 is 15.3 Å². The van der Waals surface area contributed by atoms with Crippen LogP contribution in [0.1, 0.15) is 25.0 Å². The standard InChI is InChI=1S/C16H18O3/c1-3-10-6-5-7-12(8-10)14-13(17)9-11(4-2)15(18)16(14)19/h5-9,17-19H,3-4H2,1-2H3. The van der Waals surface area contributed by atoms with E-state index in [-0.39, 0.29) is 22.8 Å². The number of benzene rings is 2. The fourth-order valence-corrected chi connectivity index (χ4v) is 2.20. The van der Waals surface area contributed by atoms with E-state index in [1.165, 1.54) is 6.07 Å². The van der Waals surface area contributed by atoms with Crippen molar-refractivity contribution >= 4 is 0 Å². The van der Waals surface area contributed by atoms with Crippen LogP contribution in [0.15, 0.2) is 30.3 Å². The van der Waals surface area contributed by atoms with E-state index in [0.29, 0.717) is 17.5 Å². The quantitative estimate of drug-likeness (QED) is 0.582. The molecular formula is C16H18O3. The lowest BCUT2D eigenvalue weighted by Gasteiger charge is -2.13. The molecule has 0 aromatic heterocycles. The van der Waals surface area contributed by atoms with Crippen molar-refractivity contribution in [3.8, 4) is 28.4 Å². The number of hydrogen-bond donors (Lipinski definition) is 3. The summed E-state index contributed by atoms with van der Waals surface area (Å²) in [5, 5.41) is 30.1. The molecule has 19 heavy (non-hydrogen) atoms. The van der Waals surface area contributed by atoms with E-state index in [9.17, 15) is 15.3 Å². The van der Waals surface area contributed by atoms with Gasteiger partial charge in [0.25, 0.3) is 0 Å². The predicted octanol–water partition coefficient (Wildman–Crippen LogP) is 3.60. The molecule has 0 saturated carbocycles. The average Bonchev–Trinajstić information content (AvgIpc) is 2.43. The molecule has 3 N–H and O–H groups in total. The van der Waals surface area contributed by atoms with Crippen LogP contribution in [-0.4, -0.2) is 15.3 Å². The average molecular weight is 258 g/mol. The molecule has 2 rings (SSSR count). The summed E-state index contributed by atoms with van der Waals surface area (Å²) in [6, 6.07) is 9.07. The van der Waals surface area contributed by atoms with Crippen LogP contribution < -0.4 is 0 Å². The molecular weight excluding hydrogens is 240 g/mol. The van der Waals surface area contributed by atoms with Gasteiger partial charge in [0.2, 0.25) is 0 Å². The van der Waals surface area contributed by atoms with Gasteiger partial charge in [0.1, 0.15) is 5.75 Å². The molecule has 2 aromatic rings. The van der Waals surface area contributed by atoms with Crippen molar-refractivity contribution in [2.75, 3.05) is 0 Å². The Labute approximate surface area is 112 Å². The monoisotopic (exact) mass is 258 g/mol. The van der Waals surface area contributed by atoms with E-state index in [1.807, 2.05) is 32.0 Å². The number of rotatable bonds is 3. The predicted molar refractivity (Wildman–Crippen MR) is 75.6 cm³/mol. The first-order valence-corrected chi connectivity index (χ1v) is 6.44. The molecule has 100 valence electrons. The summed E-state index contributed by atoms with van der Waals surface area (Å²) >= 11 is 0. The van der Waals surface area contributed by atoms with Gasteiger partial charge in [0, 0.05) is 5.56 Å². The van der Waals surface area contributed by atoms with Crippen LogP contribution in [0.2, 0.25) is 0 Å². The summed E-state index contributed by atoms with van der Waals surface area (Å²) in [5.41, 5.74) is 2.62. The van der Waals surface area contributed by atoms with Crippen LogP contribution in [-0.2, 0) is 12.8 Å². The van der Waals surface area contributed by atoms with E-state index < -0.39 is 0 Å². The highest BCUT2D eigenvalue weighted by Gasteiger charge is 2.17. The van der Waals surface area contributed by atoms with Gasteiger partial charge in [-0.15, -0.1) is 0 Å². The molecule has 0 aliphatic rings. The molecule has 0 atom stereocenters. The van der Waals surface area contributed by atoms with Gasteiger partial charge in [-0.1, -0.05) is 38.1 Å². The SMILES string of the molecule is CCc1cccc(-c2c(O)cc(CC)c(O)c2O)c1. The first kappa shape index (κ1) is 13.3. The minimum absolute atomic E-state index is 0.0135. The van der Waals surface area contributed by atoms with Gasteiger partial charge in [0.05, 0.1) is 5.56 Å². The Bertz CT molecular complexity index is 603. The van der Waals surface area contributed by atoms with Crippen LogP contribution >= 0.6 is 0 Å². The summed E-state index contributed by atoms with van der Waals surface area (Å²) < 4.78 is 0. The van der Waals surface area contributed by atoms with E-state index in [4.69, 9.17) is 0 Å². The lowest BCUT2D eigenvalue weighted by molar-refractivity contribution is 0.394. The third-order valence-corrected chi connectivity index (χ3v) is 3.34. The smallest absolute Gasteiger partial charge is 0.169 e. The third-order valence-electron chi connectivity index (χ3n) is 3.34. The van der Waals surface area contributed by atoms with Crippen LogP contribution in [0.3, 0.4) is 0 Å². The normalized spacial score (nSPS) is 10.6. The van der Waals surface area contributed by atoms with E-state index >= 15 is 0 Å². The lowest BCUT2D eigenvalue weighted by Crippen LogP contribution is -1.89. The summed E-state index contributed by atoms with van der Waals surface area (Å²) in [6.07, 6.45) is 1.41. The second-order valence-electron chi connectivity index (χ2n) is 4.53. The lowest BCUT2D eigenvalue weighted by atomic mass is 9.97. The van der Waals surface area contributed by atoms with Gasteiger partial charge in [-0.05, 0) is 30.0 Å². The Morgan fingerprint density at radius 1 is 0.895 bits per heavy atom. The maximum Gasteiger partial charge on any atom is 0.169 e. The Kier molecular flexibility index (Phi) is 3.65. The number of hydrogen-bond acceptors (Lipinski definition) is 3. The zero-order valence-electron chi connectivity index (χ0n) is 11.1. The molecule has 0 bridgehead atoms. The van der Waals surface area contributed by atoms with Gasteiger partial charge < -0.3 is 15.3 Å². The summed E-state index contributed by atoms with van der Waals surface area (Å²) in [4.78, 5) is 0. The maximum atomic E-state index is 10.1. The molecule has 0 heterocycles. The Balaban J connectivity index is 2.65. The van der Waals surface area contributed by atoms with Gasteiger partial charge in [-0.25, -0.2) is 0 Å². The van der Waals surface area contributed by atoms with Crippen molar-refractivity contribution in [2.24, 2.45) is 0 Å². The number of aromatic hydroxyl groups is 3. The van der Waals surface area contributed by atoms with Gasteiger partial charge >= 0.3 is 0 Å². The van der Waals surface area contributed by atoms with Crippen LogP contribution in [0.4, 0.5) is 0 Å². The van der Waals surface area contributed by atoms with Crippen molar-refractivity contribution in [3.63, 3.8) is 0 Å². The van der Waals surface area contributed by atoms with Crippen molar-refractivity contribution in [1.82, 2.24) is 0 Å². The third kappa shape index (κ3) is 2.36. The maximum absolute atomic E-state index is 10.1. The molecule has 0 aliphatic heterocycles. The zero-order chi connectivity index (χ0) is 14.0. The van der Waals surface area contributed by atoms with Crippen molar-refractivity contribution in [3.05, 3.63) is 41.5 Å². The Morgan fingerprint density at radius 2 is 1.63 bits per heavy atom. The molecule has 0 saturated heterocycles. The fraction of sp³-hybridized carbons (Fsp3) is 0.250. The van der Waals surface area contributed by atoms with E-state index in [2.05, 4.69) is 0 Å². The molecule has 0 amide bonds. The molecule has 0 aliphatic carbocycles. The first-order valence-electron chi connectivity index (χ1n) is 6.44. The number of aryl methyl sites for hydroxylation is 2. The molecule has 3 heteroatoms.